The standard InChI is InChI=1S/C26H21F3N2/c1-17-13-25(31-12-11-18-5-2-3-6-21(18)16-31)23-10-9-20(15-24(23)30-17)19-7-4-8-22(14-19)26(27,28)29/h2-10,13-15H,11-12,16H2,1H3. The van der Waals surface area contributed by atoms with E-state index in [0.29, 0.717) is 5.56 Å². The van der Waals surface area contributed by atoms with E-state index in [1.807, 2.05) is 25.1 Å². The minimum Gasteiger partial charge on any atom is -0.366 e. The highest BCUT2D eigenvalue weighted by Gasteiger charge is 2.30. The third-order valence-corrected chi connectivity index (χ3v) is 5.91. The smallest absolute Gasteiger partial charge is 0.366 e. The van der Waals surface area contributed by atoms with E-state index < -0.39 is 11.7 Å². The second kappa shape index (κ2) is 7.41. The molecule has 31 heavy (non-hydrogen) atoms. The lowest BCUT2D eigenvalue weighted by Gasteiger charge is -2.31. The van der Waals surface area contributed by atoms with Crippen molar-refractivity contribution in [2.45, 2.75) is 26.1 Å². The van der Waals surface area contributed by atoms with E-state index >= 15 is 0 Å². The molecule has 0 N–H and O–H groups in total. The van der Waals surface area contributed by atoms with Gasteiger partial charge in [0.25, 0.3) is 0 Å². The first kappa shape index (κ1) is 19.6. The van der Waals surface area contributed by atoms with Gasteiger partial charge < -0.3 is 4.90 Å². The van der Waals surface area contributed by atoms with Gasteiger partial charge in [-0.25, -0.2) is 0 Å². The maximum Gasteiger partial charge on any atom is 0.416 e. The van der Waals surface area contributed by atoms with Crippen LogP contribution in [0.1, 0.15) is 22.4 Å². The van der Waals surface area contributed by atoms with E-state index in [2.05, 4.69) is 40.2 Å². The van der Waals surface area contributed by atoms with Gasteiger partial charge in [0, 0.05) is 29.9 Å². The molecule has 0 saturated heterocycles. The molecular weight excluding hydrogens is 397 g/mol. The zero-order valence-corrected chi connectivity index (χ0v) is 17.1. The molecule has 0 spiro atoms. The monoisotopic (exact) mass is 418 g/mol. The number of halogens is 3. The molecule has 1 aliphatic rings. The highest BCUT2D eigenvalue weighted by atomic mass is 19.4. The van der Waals surface area contributed by atoms with Crippen molar-refractivity contribution in [3.63, 3.8) is 0 Å². The topological polar surface area (TPSA) is 16.1 Å². The SMILES string of the molecule is Cc1cc(N2CCc3ccccc3C2)c2ccc(-c3cccc(C(F)(F)F)c3)cc2n1. The van der Waals surface area contributed by atoms with Crippen LogP contribution in [0.3, 0.4) is 0 Å². The largest absolute Gasteiger partial charge is 0.416 e. The van der Waals surface area contributed by atoms with Crippen LogP contribution >= 0.6 is 0 Å². The minimum absolute atomic E-state index is 0.536. The van der Waals surface area contributed by atoms with Gasteiger partial charge in [0.15, 0.2) is 0 Å². The van der Waals surface area contributed by atoms with Crippen LogP contribution in [0.4, 0.5) is 18.9 Å². The summed E-state index contributed by atoms with van der Waals surface area (Å²) in [6, 6.07) is 21.8. The van der Waals surface area contributed by atoms with Crippen molar-refractivity contribution in [2.24, 2.45) is 0 Å². The first-order chi connectivity index (χ1) is 14.9. The van der Waals surface area contributed by atoms with Crippen LogP contribution in [0.2, 0.25) is 0 Å². The van der Waals surface area contributed by atoms with Gasteiger partial charge in [0.2, 0.25) is 0 Å². The first-order valence-corrected chi connectivity index (χ1v) is 10.3. The molecule has 2 heterocycles. The lowest BCUT2D eigenvalue weighted by Crippen LogP contribution is -2.30. The van der Waals surface area contributed by atoms with Crippen molar-refractivity contribution in [1.82, 2.24) is 4.98 Å². The summed E-state index contributed by atoms with van der Waals surface area (Å²) in [4.78, 5) is 7.05. The van der Waals surface area contributed by atoms with Crippen molar-refractivity contribution in [3.05, 3.63) is 95.2 Å². The second-order valence-electron chi connectivity index (χ2n) is 8.03. The molecule has 0 fully saturated rings. The molecule has 1 aromatic heterocycles. The molecule has 5 rings (SSSR count). The minimum atomic E-state index is -4.36. The Morgan fingerprint density at radius 3 is 2.42 bits per heavy atom. The van der Waals surface area contributed by atoms with E-state index in [1.54, 1.807) is 6.07 Å². The third-order valence-electron chi connectivity index (χ3n) is 5.91. The quantitative estimate of drug-likeness (QED) is 0.356. The zero-order chi connectivity index (χ0) is 21.6. The summed E-state index contributed by atoms with van der Waals surface area (Å²) in [6.07, 6.45) is -3.37. The molecule has 0 atom stereocenters. The summed E-state index contributed by atoms with van der Waals surface area (Å²) in [7, 11) is 0. The number of benzene rings is 3. The number of alkyl halides is 3. The Labute approximate surface area is 179 Å². The Bertz CT molecular complexity index is 1280. The van der Waals surface area contributed by atoms with Crippen LogP contribution < -0.4 is 4.90 Å². The summed E-state index contributed by atoms with van der Waals surface area (Å²) in [5, 5.41) is 1.01. The number of nitrogens with zero attached hydrogens (tertiary/aromatic N) is 2. The van der Waals surface area contributed by atoms with Gasteiger partial charge >= 0.3 is 6.18 Å². The average Bonchev–Trinajstić information content (AvgIpc) is 2.77. The molecule has 2 nitrogen and oxygen atoms in total. The number of aromatic nitrogens is 1. The Morgan fingerprint density at radius 2 is 1.61 bits per heavy atom. The van der Waals surface area contributed by atoms with E-state index in [0.717, 1.165) is 53.4 Å². The van der Waals surface area contributed by atoms with Crippen molar-refractivity contribution >= 4 is 16.6 Å². The van der Waals surface area contributed by atoms with Gasteiger partial charge in [-0.15, -0.1) is 0 Å². The van der Waals surface area contributed by atoms with Crippen LogP contribution in [-0.2, 0) is 19.1 Å². The highest BCUT2D eigenvalue weighted by molar-refractivity contribution is 5.94. The Balaban J connectivity index is 1.56. The number of hydrogen-bond acceptors (Lipinski definition) is 2. The van der Waals surface area contributed by atoms with E-state index in [-0.39, 0.29) is 0 Å². The van der Waals surface area contributed by atoms with E-state index in [1.165, 1.54) is 23.3 Å². The number of aryl methyl sites for hydroxylation is 1. The maximum absolute atomic E-state index is 13.1. The maximum atomic E-state index is 13.1. The Kier molecular flexibility index (Phi) is 4.69. The summed E-state index contributed by atoms with van der Waals surface area (Å²) >= 11 is 0. The van der Waals surface area contributed by atoms with Crippen LogP contribution in [0.25, 0.3) is 22.0 Å². The number of pyridine rings is 1. The zero-order valence-electron chi connectivity index (χ0n) is 17.1. The molecule has 0 unspecified atom stereocenters. The Hall–Kier alpha value is -3.34. The molecule has 0 saturated carbocycles. The van der Waals surface area contributed by atoms with Gasteiger partial charge in [0.05, 0.1) is 11.1 Å². The fraction of sp³-hybridized carbons (Fsp3) is 0.192. The number of fused-ring (bicyclic) bond motifs is 2. The molecule has 1 aliphatic heterocycles. The van der Waals surface area contributed by atoms with Crippen LogP contribution in [0, 0.1) is 6.92 Å². The second-order valence-corrected chi connectivity index (χ2v) is 8.03. The number of hydrogen-bond donors (Lipinski definition) is 0. The van der Waals surface area contributed by atoms with Crippen molar-refractivity contribution in [3.8, 4) is 11.1 Å². The number of anilines is 1. The molecule has 0 aliphatic carbocycles. The molecule has 0 amide bonds. The van der Waals surface area contributed by atoms with Crippen LogP contribution in [-0.4, -0.2) is 11.5 Å². The molecule has 0 bridgehead atoms. The number of rotatable bonds is 2. The normalized spacial score (nSPS) is 14.0. The van der Waals surface area contributed by atoms with Crippen LogP contribution in [0.5, 0.6) is 0 Å². The molecular formula is C26H21F3N2. The van der Waals surface area contributed by atoms with Gasteiger partial charge in [-0.2, -0.15) is 13.2 Å². The van der Waals surface area contributed by atoms with Crippen molar-refractivity contribution in [2.75, 3.05) is 11.4 Å². The van der Waals surface area contributed by atoms with Crippen LogP contribution in [0.15, 0.2) is 72.8 Å². The predicted molar refractivity (Wildman–Crippen MR) is 118 cm³/mol. The summed E-state index contributed by atoms with van der Waals surface area (Å²) in [5.74, 6) is 0. The van der Waals surface area contributed by atoms with Gasteiger partial charge in [-0.3, -0.25) is 4.98 Å². The fourth-order valence-corrected chi connectivity index (χ4v) is 4.36. The van der Waals surface area contributed by atoms with Crippen molar-refractivity contribution < 1.29 is 13.2 Å². The molecule has 156 valence electrons. The summed E-state index contributed by atoms with van der Waals surface area (Å²) in [6.45, 7) is 3.72. The molecule has 4 aromatic rings. The third kappa shape index (κ3) is 3.76. The highest BCUT2D eigenvalue weighted by Crippen LogP contribution is 2.35. The average molecular weight is 418 g/mol. The van der Waals surface area contributed by atoms with E-state index in [4.69, 9.17) is 0 Å². The molecule has 3 aromatic carbocycles. The molecule has 5 heteroatoms. The van der Waals surface area contributed by atoms with Crippen molar-refractivity contribution in [1.29, 1.82) is 0 Å². The lowest BCUT2D eigenvalue weighted by atomic mass is 9.97. The summed E-state index contributed by atoms with van der Waals surface area (Å²) in [5.41, 5.74) is 6.15. The van der Waals surface area contributed by atoms with Gasteiger partial charge in [-0.1, -0.05) is 48.5 Å². The van der Waals surface area contributed by atoms with Gasteiger partial charge in [0.1, 0.15) is 0 Å². The fourth-order valence-electron chi connectivity index (χ4n) is 4.36. The van der Waals surface area contributed by atoms with Gasteiger partial charge in [-0.05, 0) is 59.9 Å². The summed E-state index contributed by atoms with van der Waals surface area (Å²) < 4.78 is 39.4. The predicted octanol–water partition coefficient (Wildman–Crippen LogP) is 6.79. The molecule has 0 radical (unpaired) electrons. The lowest BCUT2D eigenvalue weighted by molar-refractivity contribution is -0.137. The van der Waals surface area contributed by atoms with E-state index in [9.17, 15) is 13.2 Å². The first-order valence-electron chi connectivity index (χ1n) is 10.3. The Morgan fingerprint density at radius 1 is 0.839 bits per heavy atom.